The lowest BCUT2D eigenvalue weighted by molar-refractivity contribution is -0.126. The Kier molecular flexibility index (Phi) is 11.1. The van der Waals surface area contributed by atoms with Crippen LogP contribution in [0.25, 0.3) is 21.1 Å². The van der Waals surface area contributed by atoms with Gasteiger partial charge in [0.25, 0.3) is 0 Å². The van der Waals surface area contributed by atoms with Crippen molar-refractivity contribution >= 4 is 54.2 Å². The number of alkyl halides is 4. The van der Waals surface area contributed by atoms with Gasteiger partial charge in [0.2, 0.25) is 22.0 Å². The summed E-state index contributed by atoms with van der Waals surface area (Å²) < 4.78 is 79.6. The van der Waals surface area contributed by atoms with Crippen LogP contribution in [0.4, 0.5) is 29.3 Å². The van der Waals surface area contributed by atoms with Gasteiger partial charge in [0.1, 0.15) is 22.4 Å². The van der Waals surface area contributed by atoms with Crippen LogP contribution in [-0.4, -0.2) is 108 Å². The second-order valence-electron chi connectivity index (χ2n) is 13.3. The second-order valence-corrected chi connectivity index (χ2v) is 16.3. The molecule has 276 valence electrons. The van der Waals surface area contributed by atoms with Crippen molar-refractivity contribution in [2.24, 2.45) is 0 Å². The van der Waals surface area contributed by atoms with Crippen molar-refractivity contribution in [2.45, 2.75) is 70.9 Å². The van der Waals surface area contributed by atoms with E-state index in [9.17, 15) is 31.2 Å². The van der Waals surface area contributed by atoms with E-state index < -0.39 is 28.6 Å². The zero-order valence-electron chi connectivity index (χ0n) is 28.9. The summed E-state index contributed by atoms with van der Waals surface area (Å²) in [5.74, 6) is 0.904. The van der Waals surface area contributed by atoms with Gasteiger partial charge in [0, 0.05) is 87.3 Å². The number of aromatic nitrogens is 3. The molecular weight excluding hydrogens is 707 g/mol. The van der Waals surface area contributed by atoms with E-state index in [-0.39, 0.29) is 30.1 Å². The first-order valence-electron chi connectivity index (χ1n) is 17.2. The smallest absolute Gasteiger partial charge is 0.367 e. The molecule has 17 heteroatoms. The maximum absolute atomic E-state index is 13.1. The maximum atomic E-state index is 13.1. The zero-order chi connectivity index (χ0) is 36.5. The van der Waals surface area contributed by atoms with Crippen molar-refractivity contribution in [2.75, 3.05) is 63.0 Å². The summed E-state index contributed by atoms with van der Waals surface area (Å²) in [4.78, 5) is 14.3. The van der Waals surface area contributed by atoms with Crippen LogP contribution in [0.1, 0.15) is 47.9 Å². The number of fused-ring (bicyclic) bond motifs is 2. The molecule has 4 aromatic rings. The molecule has 2 fully saturated rings. The largest absolute Gasteiger partial charge is 0.393 e. The Morgan fingerprint density at radius 1 is 1.08 bits per heavy atom. The molecule has 0 aliphatic carbocycles. The fraction of sp³-hybridized carbons (Fsp3) is 0.559. The minimum atomic E-state index is -4.30. The molecule has 2 saturated heterocycles. The molecule has 51 heavy (non-hydrogen) atoms. The first kappa shape index (κ1) is 37.2. The molecule has 11 nitrogen and oxygen atoms in total. The minimum absolute atomic E-state index is 0.0859. The molecule has 6 rings (SSSR count). The second kappa shape index (κ2) is 15.2. The summed E-state index contributed by atoms with van der Waals surface area (Å²) in [7, 11) is -2.18. The van der Waals surface area contributed by atoms with Crippen molar-refractivity contribution in [3.8, 4) is 6.07 Å². The van der Waals surface area contributed by atoms with Crippen LogP contribution in [0.2, 0.25) is 0 Å². The number of hydrogen-bond acceptors (Lipinski definition) is 10. The van der Waals surface area contributed by atoms with Crippen LogP contribution in [-0.2, 0) is 29.5 Å². The molecule has 0 amide bonds. The lowest BCUT2D eigenvalue weighted by Gasteiger charge is -2.38. The number of halogens is 4. The normalized spacial score (nSPS) is 18.0. The number of aryl methyl sites for hydroxylation is 1. The van der Waals surface area contributed by atoms with E-state index >= 15 is 0 Å². The molecule has 0 unspecified atom stereocenters. The van der Waals surface area contributed by atoms with Gasteiger partial charge in [-0.25, -0.2) is 17.8 Å². The molecule has 0 spiro atoms. The summed E-state index contributed by atoms with van der Waals surface area (Å²) in [5, 5.41) is 18.1. The lowest BCUT2D eigenvalue weighted by atomic mass is 10.0. The Labute approximate surface area is 299 Å². The maximum Gasteiger partial charge on any atom is 0.393 e. The number of sulfonamides is 1. The fourth-order valence-corrected chi connectivity index (χ4v) is 9.18. The lowest BCUT2D eigenvalue weighted by Crippen LogP contribution is -2.52. The number of rotatable bonds is 12. The Morgan fingerprint density at radius 2 is 1.80 bits per heavy atom. The van der Waals surface area contributed by atoms with Gasteiger partial charge in [-0.2, -0.15) is 27.7 Å². The third-order valence-electron chi connectivity index (χ3n) is 10.1. The molecule has 3 aromatic heterocycles. The van der Waals surface area contributed by atoms with Crippen molar-refractivity contribution in [3.05, 3.63) is 46.0 Å². The zero-order valence-corrected chi connectivity index (χ0v) is 30.6. The van der Waals surface area contributed by atoms with Gasteiger partial charge in [-0.3, -0.25) is 9.80 Å². The van der Waals surface area contributed by atoms with Crippen LogP contribution < -0.4 is 10.6 Å². The van der Waals surface area contributed by atoms with E-state index in [1.165, 1.54) is 9.87 Å². The van der Waals surface area contributed by atoms with Crippen molar-refractivity contribution < 1.29 is 26.0 Å². The standard InChI is InChI=1S/C34H43F4N9O2S2/c1-4-25(45-11-13-46(14-12-45)51(48,49)21-35)20-47-26(18-39)15-28-22(2)23(5-6-30(28)47)19-44-9-7-24(8-10-44)41-31-29-16-27(17-34(36,37)38)50-32(29)43-33(40-3)42-31/h5-6,15-16,24-25H,4,7-14,17,19-21H2,1-3H3,(H2,40,41,42,43)/t25-/m0/s1. The van der Waals surface area contributed by atoms with E-state index in [0.717, 1.165) is 66.7 Å². The Bertz CT molecular complexity index is 2010. The predicted molar refractivity (Wildman–Crippen MR) is 192 cm³/mol. The number of nitrogens with zero attached hydrogens (tertiary/aromatic N) is 7. The molecule has 2 N–H and O–H groups in total. The van der Waals surface area contributed by atoms with E-state index in [0.29, 0.717) is 47.3 Å². The average Bonchev–Trinajstić information content (AvgIpc) is 3.68. The van der Waals surface area contributed by atoms with Gasteiger partial charge in [-0.05, 0) is 55.5 Å². The van der Waals surface area contributed by atoms with Gasteiger partial charge in [-0.15, -0.1) is 11.3 Å². The highest BCUT2D eigenvalue weighted by Crippen LogP contribution is 2.35. The minimum Gasteiger partial charge on any atom is -0.367 e. The summed E-state index contributed by atoms with van der Waals surface area (Å²) in [6.07, 6.45) is -2.81. The van der Waals surface area contributed by atoms with Gasteiger partial charge in [0.15, 0.2) is 0 Å². The summed E-state index contributed by atoms with van der Waals surface area (Å²) in [5.41, 5.74) is 3.86. The number of likely N-dealkylation sites (tertiary alicyclic amines) is 1. The van der Waals surface area contributed by atoms with Gasteiger partial charge in [-0.1, -0.05) is 13.0 Å². The van der Waals surface area contributed by atoms with Crippen molar-refractivity contribution in [3.63, 3.8) is 0 Å². The van der Waals surface area contributed by atoms with Crippen molar-refractivity contribution in [1.82, 2.24) is 28.6 Å². The number of thiophene rings is 1. The highest BCUT2D eigenvalue weighted by Gasteiger charge is 2.31. The molecule has 1 aromatic carbocycles. The quantitative estimate of drug-likeness (QED) is 0.176. The molecule has 0 bridgehead atoms. The number of anilines is 2. The SMILES string of the molecule is CC[C@@H](Cn1c(C#N)cc2c(C)c(CN3CCC(Nc4nc(NC)nc5sc(CC(F)(F)F)cc45)CC3)ccc21)N1CCN(S(=O)(=O)CF)CC1. The van der Waals surface area contributed by atoms with E-state index in [1.54, 1.807) is 13.1 Å². The first-order valence-corrected chi connectivity index (χ1v) is 19.6. The highest BCUT2D eigenvalue weighted by atomic mass is 32.2. The highest BCUT2D eigenvalue weighted by molar-refractivity contribution is 7.88. The van der Waals surface area contributed by atoms with Gasteiger partial charge >= 0.3 is 6.18 Å². The summed E-state index contributed by atoms with van der Waals surface area (Å²) in [6.45, 7) is 8.67. The molecule has 1 atom stereocenters. The Morgan fingerprint density at radius 3 is 2.43 bits per heavy atom. The summed E-state index contributed by atoms with van der Waals surface area (Å²) in [6, 6.07) is 8.89. The molecule has 5 heterocycles. The number of piperidine rings is 1. The molecule has 2 aliphatic heterocycles. The van der Waals surface area contributed by atoms with E-state index in [2.05, 4.69) is 67.0 Å². The van der Waals surface area contributed by atoms with Crippen LogP contribution in [0.5, 0.6) is 0 Å². The Balaban J connectivity index is 1.11. The molecule has 0 saturated carbocycles. The van der Waals surface area contributed by atoms with Crippen LogP contribution >= 0.6 is 11.3 Å². The molecular formula is C34H43F4N9O2S2. The predicted octanol–water partition coefficient (Wildman–Crippen LogP) is 5.70. The monoisotopic (exact) mass is 749 g/mol. The third-order valence-corrected chi connectivity index (χ3v) is 12.6. The first-order chi connectivity index (χ1) is 24.3. The number of nitrogens with one attached hydrogen (secondary N) is 2. The number of nitriles is 1. The van der Waals surface area contributed by atoms with Gasteiger partial charge < -0.3 is 15.2 Å². The Hall–Kier alpha value is -3.56. The van der Waals surface area contributed by atoms with Gasteiger partial charge in [0.05, 0.1) is 11.8 Å². The molecule has 0 radical (unpaired) electrons. The van der Waals surface area contributed by atoms with E-state index in [4.69, 9.17) is 0 Å². The third kappa shape index (κ3) is 8.25. The van der Waals surface area contributed by atoms with Crippen LogP contribution in [0.3, 0.4) is 0 Å². The number of hydrogen-bond donors (Lipinski definition) is 2. The van der Waals surface area contributed by atoms with Crippen molar-refractivity contribution in [1.29, 1.82) is 5.26 Å². The van der Waals surface area contributed by atoms with E-state index in [1.807, 2.05) is 6.07 Å². The fourth-order valence-electron chi connectivity index (χ4n) is 7.26. The topological polar surface area (TPSA) is 122 Å². The molecule has 2 aliphatic rings. The van der Waals surface area contributed by atoms with Crippen LogP contribution in [0.15, 0.2) is 24.3 Å². The average molecular weight is 750 g/mol. The summed E-state index contributed by atoms with van der Waals surface area (Å²) >= 11 is 1.04. The van der Waals surface area contributed by atoms with Crippen LogP contribution in [0, 0.1) is 18.3 Å². The number of piperazine rings is 1. The number of benzene rings is 1.